The third-order valence-electron chi connectivity index (χ3n) is 4.93. The third-order valence-corrected chi connectivity index (χ3v) is 7.58. The number of thiophene rings is 1. The van der Waals surface area contributed by atoms with Crippen LogP contribution in [0.4, 0.5) is 0 Å². The fourth-order valence-electron chi connectivity index (χ4n) is 3.55. The summed E-state index contributed by atoms with van der Waals surface area (Å²) in [5.74, 6) is -0.521. The van der Waals surface area contributed by atoms with E-state index >= 15 is 0 Å². The van der Waals surface area contributed by atoms with E-state index in [-0.39, 0.29) is 23.6 Å². The van der Waals surface area contributed by atoms with Crippen molar-refractivity contribution in [2.24, 2.45) is 0 Å². The van der Waals surface area contributed by atoms with E-state index < -0.39 is 10.0 Å². The Labute approximate surface area is 169 Å². The molecule has 1 aromatic heterocycles. The van der Waals surface area contributed by atoms with Crippen LogP contribution in [0.3, 0.4) is 0 Å². The summed E-state index contributed by atoms with van der Waals surface area (Å²) >= 11 is 7.60. The van der Waals surface area contributed by atoms with Crippen LogP contribution in [0.15, 0.2) is 41.8 Å². The Hall–Kier alpha value is -1.41. The summed E-state index contributed by atoms with van der Waals surface area (Å²) in [5, 5.41) is 5.46. The van der Waals surface area contributed by atoms with Gasteiger partial charge in [-0.25, -0.2) is 13.1 Å². The third kappa shape index (κ3) is 5.54. The Balaban J connectivity index is 1.52. The van der Waals surface area contributed by atoms with Gasteiger partial charge in [-0.2, -0.15) is 0 Å². The fourth-order valence-corrected chi connectivity index (χ4v) is 5.82. The Morgan fingerprint density at radius 2 is 1.96 bits per heavy atom. The van der Waals surface area contributed by atoms with Gasteiger partial charge in [-0.05, 0) is 42.0 Å². The summed E-state index contributed by atoms with van der Waals surface area (Å²) in [7, 11) is -3.61. The highest BCUT2D eigenvalue weighted by atomic mass is 35.5. The van der Waals surface area contributed by atoms with E-state index in [2.05, 4.69) is 21.5 Å². The zero-order valence-electron chi connectivity index (χ0n) is 14.9. The van der Waals surface area contributed by atoms with Crippen LogP contribution in [0.25, 0.3) is 0 Å². The molecule has 2 aromatic rings. The maximum absolute atomic E-state index is 12.2. The summed E-state index contributed by atoms with van der Waals surface area (Å²) in [6, 6.07) is 10.8. The number of hydrogen-bond donors (Lipinski definition) is 2. The number of nitrogens with one attached hydrogen (secondary N) is 2. The Morgan fingerprint density at radius 1 is 1.19 bits per heavy atom. The number of sulfonamides is 1. The van der Waals surface area contributed by atoms with Crippen LogP contribution in [0.1, 0.15) is 36.1 Å². The minimum Gasteiger partial charge on any atom is -0.354 e. The summed E-state index contributed by atoms with van der Waals surface area (Å²) in [5.41, 5.74) is 0.571. The molecule has 1 amide bonds. The van der Waals surface area contributed by atoms with Gasteiger partial charge in [0.05, 0.1) is 12.3 Å². The van der Waals surface area contributed by atoms with Gasteiger partial charge in [-0.1, -0.05) is 42.6 Å². The Morgan fingerprint density at radius 3 is 2.63 bits per heavy atom. The van der Waals surface area contributed by atoms with E-state index in [1.807, 2.05) is 6.07 Å². The molecule has 0 saturated heterocycles. The number of hydrogen-bond acceptors (Lipinski definition) is 4. The number of halogens is 1. The summed E-state index contributed by atoms with van der Waals surface area (Å²) in [6.45, 7) is 0.284. The number of carbonyl (C=O) groups is 1. The molecule has 0 radical (unpaired) electrons. The van der Waals surface area contributed by atoms with Gasteiger partial charge in [-0.3, -0.25) is 4.79 Å². The number of amides is 1. The topological polar surface area (TPSA) is 75.3 Å². The molecule has 0 bridgehead atoms. The monoisotopic (exact) mass is 426 g/mol. The van der Waals surface area contributed by atoms with E-state index in [4.69, 9.17) is 11.6 Å². The van der Waals surface area contributed by atoms with Crippen LogP contribution in [-0.4, -0.2) is 27.4 Å². The zero-order chi connectivity index (χ0) is 19.3. The van der Waals surface area contributed by atoms with E-state index in [0.29, 0.717) is 17.1 Å². The molecule has 1 fully saturated rings. The maximum atomic E-state index is 12.2. The Bertz CT molecular complexity index is 876. The van der Waals surface area contributed by atoms with Gasteiger partial charge in [0, 0.05) is 21.9 Å². The van der Waals surface area contributed by atoms with Crippen molar-refractivity contribution >= 4 is 38.9 Å². The van der Waals surface area contributed by atoms with Crippen molar-refractivity contribution in [3.05, 3.63) is 57.2 Å². The molecule has 8 heteroatoms. The second-order valence-electron chi connectivity index (χ2n) is 6.95. The SMILES string of the molecule is O=C(CNS(=O)(=O)Cc1cccc(Cl)c1)NCC1(c2cccs2)CCCC1. The minimum atomic E-state index is -3.61. The van der Waals surface area contributed by atoms with E-state index in [1.54, 1.807) is 35.6 Å². The first kappa shape index (κ1) is 20.3. The van der Waals surface area contributed by atoms with Crippen molar-refractivity contribution in [2.45, 2.75) is 36.9 Å². The molecule has 0 spiro atoms. The molecule has 146 valence electrons. The van der Waals surface area contributed by atoms with Crippen LogP contribution >= 0.6 is 22.9 Å². The molecule has 0 atom stereocenters. The zero-order valence-corrected chi connectivity index (χ0v) is 17.3. The predicted octanol–water partition coefficient (Wildman–Crippen LogP) is 3.45. The summed E-state index contributed by atoms with van der Waals surface area (Å²) in [4.78, 5) is 13.5. The lowest BCUT2D eigenvalue weighted by molar-refractivity contribution is -0.120. The summed E-state index contributed by atoms with van der Waals surface area (Å²) in [6.07, 6.45) is 4.41. The van der Waals surface area contributed by atoms with E-state index in [1.165, 1.54) is 4.88 Å². The highest BCUT2D eigenvalue weighted by Gasteiger charge is 2.36. The fraction of sp³-hybridized carbons (Fsp3) is 0.421. The lowest BCUT2D eigenvalue weighted by Crippen LogP contribution is -2.43. The van der Waals surface area contributed by atoms with Crippen LogP contribution in [0, 0.1) is 0 Å². The minimum absolute atomic E-state index is 0.0104. The van der Waals surface area contributed by atoms with Crippen LogP contribution in [-0.2, 0) is 26.0 Å². The average Bonchev–Trinajstić information content (AvgIpc) is 3.30. The molecule has 1 saturated carbocycles. The predicted molar refractivity (Wildman–Crippen MR) is 110 cm³/mol. The smallest absolute Gasteiger partial charge is 0.235 e. The van der Waals surface area contributed by atoms with Crippen LogP contribution < -0.4 is 10.0 Å². The number of carbonyl (C=O) groups excluding carboxylic acids is 1. The van der Waals surface area contributed by atoms with Crippen molar-refractivity contribution in [3.63, 3.8) is 0 Å². The van der Waals surface area contributed by atoms with Crippen molar-refractivity contribution in [3.8, 4) is 0 Å². The molecule has 1 heterocycles. The standard InChI is InChI=1S/C19H23ClN2O3S2/c20-16-6-3-5-15(11-16)13-27(24,25)22-12-18(23)21-14-19(8-1-2-9-19)17-7-4-10-26-17/h3-7,10-11,22H,1-2,8-9,12-14H2,(H,21,23). The van der Waals surface area contributed by atoms with Crippen LogP contribution in [0.2, 0.25) is 5.02 Å². The molecule has 3 rings (SSSR count). The van der Waals surface area contributed by atoms with Gasteiger partial charge in [0.1, 0.15) is 0 Å². The molecule has 0 aliphatic heterocycles. The van der Waals surface area contributed by atoms with Crippen molar-refractivity contribution in [1.29, 1.82) is 0 Å². The van der Waals surface area contributed by atoms with Gasteiger partial charge in [-0.15, -0.1) is 11.3 Å². The molecular formula is C19H23ClN2O3S2. The van der Waals surface area contributed by atoms with Gasteiger partial charge in [0.15, 0.2) is 0 Å². The molecule has 2 N–H and O–H groups in total. The first-order valence-corrected chi connectivity index (χ1v) is 11.8. The molecule has 1 aliphatic carbocycles. The highest BCUT2D eigenvalue weighted by Crippen LogP contribution is 2.42. The normalized spacial score (nSPS) is 16.3. The van der Waals surface area contributed by atoms with Crippen molar-refractivity contribution in [2.75, 3.05) is 13.1 Å². The van der Waals surface area contributed by atoms with Gasteiger partial charge in [0.2, 0.25) is 15.9 Å². The lowest BCUT2D eigenvalue weighted by Gasteiger charge is -2.28. The van der Waals surface area contributed by atoms with Gasteiger partial charge >= 0.3 is 0 Å². The first-order chi connectivity index (χ1) is 12.9. The number of rotatable bonds is 8. The first-order valence-electron chi connectivity index (χ1n) is 8.91. The average molecular weight is 427 g/mol. The highest BCUT2D eigenvalue weighted by molar-refractivity contribution is 7.88. The maximum Gasteiger partial charge on any atom is 0.235 e. The lowest BCUT2D eigenvalue weighted by atomic mass is 9.84. The van der Waals surface area contributed by atoms with Crippen LogP contribution in [0.5, 0.6) is 0 Å². The Kier molecular flexibility index (Phi) is 6.57. The molecule has 0 unspecified atom stereocenters. The molecule has 1 aromatic carbocycles. The van der Waals surface area contributed by atoms with E-state index in [0.717, 1.165) is 25.7 Å². The molecule has 27 heavy (non-hydrogen) atoms. The van der Waals surface area contributed by atoms with E-state index in [9.17, 15) is 13.2 Å². The molecular weight excluding hydrogens is 404 g/mol. The molecule has 5 nitrogen and oxygen atoms in total. The summed E-state index contributed by atoms with van der Waals surface area (Å²) < 4.78 is 26.8. The van der Waals surface area contributed by atoms with Gasteiger partial charge < -0.3 is 5.32 Å². The quantitative estimate of drug-likeness (QED) is 0.678. The molecule has 1 aliphatic rings. The largest absolute Gasteiger partial charge is 0.354 e. The second kappa shape index (κ2) is 8.73. The van der Waals surface area contributed by atoms with Crippen molar-refractivity contribution < 1.29 is 13.2 Å². The number of benzene rings is 1. The second-order valence-corrected chi connectivity index (χ2v) is 10.1. The van der Waals surface area contributed by atoms with Gasteiger partial charge in [0.25, 0.3) is 0 Å². The van der Waals surface area contributed by atoms with Crippen molar-refractivity contribution in [1.82, 2.24) is 10.0 Å².